The topological polar surface area (TPSA) is 42.0 Å². The van der Waals surface area contributed by atoms with Gasteiger partial charge in [-0.2, -0.15) is 0 Å². The molecule has 3 nitrogen and oxygen atoms in total. The molecular weight excluding hydrogens is 352 g/mol. The van der Waals surface area contributed by atoms with Crippen molar-refractivity contribution in [2.24, 2.45) is 17.8 Å². The van der Waals surface area contributed by atoms with Gasteiger partial charge in [0, 0.05) is 21.9 Å². The second-order valence-corrected chi connectivity index (χ2v) is 9.06. The van der Waals surface area contributed by atoms with Crippen LogP contribution < -0.4 is 5.32 Å². The van der Waals surface area contributed by atoms with Crippen molar-refractivity contribution >= 4 is 28.8 Å². The SMILES string of the molecule is Cc1sc(CNC(=O)CC(C2CC2)C2CC2)nc1-c1ccc(Cl)cc1. The van der Waals surface area contributed by atoms with E-state index in [4.69, 9.17) is 16.6 Å². The molecule has 25 heavy (non-hydrogen) atoms. The van der Waals surface area contributed by atoms with Crippen LogP contribution >= 0.6 is 22.9 Å². The molecule has 0 unspecified atom stereocenters. The summed E-state index contributed by atoms with van der Waals surface area (Å²) in [7, 11) is 0. The van der Waals surface area contributed by atoms with Gasteiger partial charge in [0.25, 0.3) is 0 Å². The third kappa shape index (κ3) is 4.24. The summed E-state index contributed by atoms with van der Waals surface area (Å²) in [5.41, 5.74) is 2.05. The first-order valence-corrected chi connectivity index (χ1v) is 10.3. The van der Waals surface area contributed by atoms with Crippen molar-refractivity contribution in [1.82, 2.24) is 10.3 Å². The van der Waals surface area contributed by atoms with E-state index in [9.17, 15) is 4.79 Å². The number of hydrogen-bond acceptors (Lipinski definition) is 3. The van der Waals surface area contributed by atoms with E-state index in [1.807, 2.05) is 24.3 Å². The molecule has 2 aliphatic carbocycles. The molecule has 1 amide bonds. The van der Waals surface area contributed by atoms with Crippen LogP contribution in [0.4, 0.5) is 0 Å². The van der Waals surface area contributed by atoms with E-state index in [0.29, 0.717) is 18.9 Å². The Bertz CT molecular complexity index is 751. The first-order chi connectivity index (χ1) is 12.1. The number of thiazole rings is 1. The Morgan fingerprint density at radius 1 is 1.24 bits per heavy atom. The summed E-state index contributed by atoms with van der Waals surface area (Å²) in [6.45, 7) is 2.60. The van der Waals surface area contributed by atoms with Crippen molar-refractivity contribution in [3.8, 4) is 11.3 Å². The Kier molecular flexibility index (Phi) is 4.83. The largest absolute Gasteiger partial charge is 0.350 e. The zero-order chi connectivity index (χ0) is 17.4. The lowest BCUT2D eigenvalue weighted by Crippen LogP contribution is -2.26. The highest BCUT2D eigenvalue weighted by molar-refractivity contribution is 7.12. The Labute approximate surface area is 157 Å². The van der Waals surface area contributed by atoms with Crippen LogP contribution in [0.2, 0.25) is 5.02 Å². The number of nitrogens with one attached hydrogen (secondary N) is 1. The first-order valence-electron chi connectivity index (χ1n) is 9.09. The van der Waals surface area contributed by atoms with Gasteiger partial charge in [-0.05, 0) is 62.5 Å². The van der Waals surface area contributed by atoms with Gasteiger partial charge < -0.3 is 5.32 Å². The fourth-order valence-electron chi connectivity index (χ4n) is 3.63. The molecule has 1 heterocycles. The molecule has 0 spiro atoms. The number of carbonyl (C=O) groups excluding carboxylic acids is 1. The van der Waals surface area contributed by atoms with Gasteiger partial charge >= 0.3 is 0 Å². The van der Waals surface area contributed by atoms with Crippen LogP contribution in [0, 0.1) is 24.7 Å². The maximum Gasteiger partial charge on any atom is 0.220 e. The Hall–Kier alpha value is -1.39. The van der Waals surface area contributed by atoms with Crippen molar-refractivity contribution in [1.29, 1.82) is 0 Å². The van der Waals surface area contributed by atoms with Crippen LogP contribution in [0.1, 0.15) is 42.0 Å². The van der Waals surface area contributed by atoms with E-state index < -0.39 is 0 Å². The van der Waals surface area contributed by atoms with Gasteiger partial charge in [0.1, 0.15) is 5.01 Å². The number of carbonyl (C=O) groups is 1. The molecule has 2 aliphatic rings. The van der Waals surface area contributed by atoms with Gasteiger partial charge in [-0.1, -0.05) is 23.7 Å². The van der Waals surface area contributed by atoms with Crippen molar-refractivity contribution in [2.45, 2.75) is 45.6 Å². The van der Waals surface area contributed by atoms with E-state index in [2.05, 4.69) is 12.2 Å². The van der Waals surface area contributed by atoms with E-state index in [1.54, 1.807) is 11.3 Å². The number of aryl methyl sites for hydroxylation is 1. The first kappa shape index (κ1) is 17.0. The van der Waals surface area contributed by atoms with Crippen LogP contribution in [-0.2, 0) is 11.3 Å². The number of rotatable bonds is 7. The highest BCUT2D eigenvalue weighted by Crippen LogP contribution is 2.50. The minimum Gasteiger partial charge on any atom is -0.350 e. The fourth-order valence-corrected chi connectivity index (χ4v) is 4.65. The number of amides is 1. The third-order valence-corrected chi connectivity index (χ3v) is 6.49. The summed E-state index contributed by atoms with van der Waals surface area (Å²) >= 11 is 7.61. The summed E-state index contributed by atoms with van der Waals surface area (Å²) in [4.78, 5) is 18.2. The molecular formula is C20H23ClN2OS. The summed E-state index contributed by atoms with van der Waals surface area (Å²) in [5.74, 6) is 2.45. The van der Waals surface area contributed by atoms with Gasteiger partial charge in [-0.15, -0.1) is 11.3 Å². The average Bonchev–Trinajstić information content (AvgIpc) is 3.50. The maximum absolute atomic E-state index is 12.3. The van der Waals surface area contributed by atoms with Crippen molar-refractivity contribution < 1.29 is 4.79 Å². The molecule has 2 saturated carbocycles. The highest BCUT2D eigenvalue weighted by Gasteiger charge is 2.42. The molecule has 2 aromatic rings. The van der Waals surface area contributed by atoms with Crippen LogP contribution in [0.5, 0.6) is 0 Å². The predicted octanol–water partition coefficient (Wildman–Crippen LogP) is 5.21. The van der Waals surface area contributed by atoms with Gasteiger partial charge in [0.05, 0.1) is 12.2 Å². The van der Waals surface area contributed by atoms with Gasteiger partial charge in [-0.25, -0.2) is 4.98 Å². The Morgan fingerprint density at radius 2 is 1.88 bits per heavy atom. The van der Waals surface area contributed by atoms with E-state index in [1.165, 1.54) is 30.6 Å². The van der Waals surface area contributed by atoms with Crippen LogP contribution in [0.25, 0.3) is 11.3 Å². The lowest BCUT2D eigenvalue weighted by atomic mass is 9.94. The zero-order valence-electron chi connectivity index (χ0n) is 14.4. The molecule has 1 aromatic heterocycles. The molecule has 2 fully saturated rings. The average molecular weight is 375 g/mol. The summed E-state index contributed by atoms with van der Waals surface area (Å²) < 4.78 is 0. The number of nitrogens with zero attached hydrogens (tertiary/aromatic N) is 1. The van der Waals surface area contributed by atoms with Crippen molar-refractivity contribution in [3.63, 3.8) is 0 Å². The lowest BCUT2D eigenvalue weighted by Gasteiger charge is -2.14. The molecule has 1 aromatic carbocycles. The number of halogens is 1. The Morgan fingerprint density at radius 3 is 2.48 bits per heavy atom. The van der Waals surface area contributed by atoms with E-state index in [-0.39, 0.29) is 5.91 Å². The van der Waals surface area contributed by atoms with Gasteiger partial charge in [0.2, 0.25) is 5.91 Å². The molecule has 4 rings (SSSR count). The molecule has 132 valence electrons. The van der Waals surface area contributed by atoms with Gasteiger partial charge in [0.15, 0.2) is 0 Å². The molecule has 1 N–H and O–H groups in total. The molecule has 0 radical (unpaired) electrons. The summed E-state index contributed by atoms with van der Waals surface area (Å²) in [6.07, 6.45) is 5.99. The molecule has 0 bridgehead atoms. The monoisotopic (exact) mass is 374 g/mol. The Balaban J connectivity index is 1.35. The minimum atomic E-state index is 0.185. The number of benzene rings is 1. The van der Waals surface area contributed by atoms with Crippen molar-refractivity contribution in [2.75, 3.05) is 0 Å². The quantitative estimate of drug-likeness (QED) is 0.722. The van der Waals surface area contributed by atoms with Crippen LogP contribution in [0.15, 0.2) is 24.3 Å². The maximum atomic E-state index is 12.3. The molecule has 0 saturated heterocycles. The smallest absolute Gasteiger partial charge is 0.220 e. The van der Waals surface area contributed by atoms with Crippen LogP contribution in [-0.4, -0.2) is 10.9 Å². The summed E-state index contributed by atoms with van der Waals surface area (Å²) in [5, 5.41) is 4.77. The van der Waals surface area contributed by atoms with Crippen molar-refractivity contribution in [3.05, 3.63) is 39.2 Å². The number of aromatic nitrogens is 1. The molecule has 5 heteroatoms. The normalized spacial score (nSPS) is 17.1. The molecule has 0 atom stereocenters. The standard InChI is InChI=1S/C20H23ClN2OS/c1-12-20(15-6-8-16(21)9-7-15)23-19(25-12)11-22-18(24)10-17(13-2-3-13)14-4-5-14/h6-9,13-14,17H,2-5,10-11H2,1H3,(H,22,24). The third-order valence-electron chi connectivity index (χ3n) is 5.27. The fraction of sp³-hybridized carbons (Fsp3) is 0.500. The van der Waals surface area contributed by atoms with Gasteiger partial charge in [-0.3, -0.25) is 4.79 Å². The number of hydrogen-bond donors (Lipinski definition) is 1. The second-order valence-electron chi connectivity index (χ2n) is 7.34. The van der Waals surface area contributed by atoms with E-state index in [0.717, 1.165) is 33.1 Å². The summed E-state index contributed by atoms with van der Waals surface area (Å²) in [6, 6.07) is 7.74. The second kappa shape index (κ2) is 7.08. The van der Waals surface area contributed by atoms with Crippen LogP contribution in [0.3, 0.4) is 0 Å². The minimum absolute atomic E-state index is 0.185. The predicted molar refractivity (Wildman–Crippen MR) is 103 cm³/mol. The molecule has 0 aliphatic heterocycles. The lowest BCUT2D eigenvalue weighted by molar-refractivity contribution is -0.122. The zero-order valence-corrected chi connectivity index (χ0v) is 16.0. The highest BCUT2D eigenvalue weighted by atomic mass is 35.5. The van der Waals surface area contributed by atoms with E-state index >= 15 is 0 Å².